The first-order chi connectivity index (χ1) is 12.0. The van der Waals surface area contributed by atoms with Crippen LogP contribution in [0, 0.1) is 5.92 Å². The topological polar surface area (TPSA) is 76.1 Å². The third kappa shape index (κ3) is 3.21. The van der Waals surface area contributed by atoms with Crippen molar-refractivity contribution in [3.63, 3.8) is 0 Å². The van der Waals surface area contributed by atoms with E-state index in [9.17, 15) is 14.7 Å². The fourth-order valence-corrected chi connectivity index (χ4v) is 2.83. The van der Waals surface area contributed by atoms with Gasteiger partial charge in [0, 0.05) is 5.69 Å². The van der Waals surface area contributed by atoms with Crippen molar-refractivity contribution in [3.05, 3.63) is 60.2 Å². The molecule has 6 heteroatoms. The number of esters is 1. The number of aliphatic hydroxyl groups excluding tert-OH is 1. The lowest BCUT2D eigenvalue weighted by atomic mass is 9.89. The van der Waals surface area contributed by atoms with Gasteiger partial charge in [-0.1, -0.05) is 18.2 Å². The number of benzene rings is 2. The van der Waals surface area contributed by atoms with Gasteiger partial charge in [-0.15, -0.1) is 0 Å². The molecule has 0 bridgehead atoms. The second kappa shape index (κ2) is 6.94. The summed E-state index contributed by atoms with van der Waals surface area (Å²) >= 11 is 0. The molecule has 1 aliphatic heterocycles. The normalized spacial score (nSPS) is 20.6. The van der Waals surface area contributed by atoms with Gasteiger partial charge in [0.05, 0.1) is 18.8 Å². The lowest BCUT2D eigenvalue weighted by molar-refractivity contribution is -0.146. The monoisotopic (exact) mass is 341 g/mol. The third-order valence-electron chi connectivity index (χ3n) is 4.19. The van der Waals surface area contributed by atoms with Gasteiger partial charge in [-0.2, -0.15) is 0 Å². The van der Waals surface area contributed by atoms with Crippen LogP contribution in [0.1, 0.15) is 17.3 Å². The summed E-state index contributed by atoms with van der Waals surface area (Å²) in [5.41, 5.74) is 0.967. The molecule has 1 amide bonds. The van der Waals surface area contributed by atoms with Gasteiger partial charge >= 0.3 is 5.97 Å². The molecule has 0 saturated carbocycles. The van der Waals surface area contributed by atoms with Crippen LogP contribution in [0.2, 0.25) is 0 Å². The zero-order valence-corrected chi connectivity index (χ0v) is 14.0. The van der Waals surface area contributed by atoms with Crippen LogP contribution in [0.5, 0.6) is 5.75 Å². The van der Waals surface area contributed by atoms with E-state index < -0.39 is 24.2 Å². The first kappa shape index (κ1) is 17.0. The number of β-lactam (4-membered cyclic amide) rings is 1. The molecule has 1 heterocycles. The van der Waals surface area contributed by atoms with Crippen molar-refractivity contribution in [1.82, 2.24) is 0 Å². The quantitative estimate of drug-likeness (QED) is 0.667. The SMILES string of the molecule is COc1ccc(N2C(=O)[C@H]([C@@H](C)O)[C@H]2OC(=O)c2ccccc2)cc1. The highest BCUT2D eigenvalue weighted by atomic mass is 16.6. The number of methoxy groups -OCH3 is 1. The number of aliphatic hydroxyl groups is 1. The molecule has 25 heavy (non-hydrogen) atoms. The van der Waals surface area contributed by atoms with Crippen LogP contribution in [-0.4, -0.2) is 36.4 Å². The van der Waals surface area contributed by atoms with Crippen LogP contribution >= 0.6 is 0 Å². The molecule has 130 valence electrons. The average molecular weight is 341 g/mol. The molecule has 6 nitrogen and oxygen atoms in total. The van der Waals surface area contributed by atoms with E-state index in [0.29, 0.717) is 17.0 Å². The smallest absolute Gasteiger partial charge is 0.340 e. The van der Waals surface area contributed by atoms with Gasteiger partial charge in [0.2, 0.25) is 5.91 Å². The zero-order valence-electron chi connectivity index (χ0n) is 14.0. The van der Waals surface area contributed by atoms with Crippen LogP contribution in [0.3, 0.4) is 0 Å². The lowest BCUT2D eigenvalue weighted by Crippen LogP contribution is -2.66. The molecule has 0 unspecified atom stereocenters. The Bertz CT molecular complexity index is 757. The molecular formula is C19H19NO5. The highest BCUT2D eigenvalue weighted by molar-refractivity contribution is 6.03. The number of anilines is 1. The van der Waals surface area contributed by atoms with Crippen LogP contribution in [-0.2, 0) is 9.53 Å². The molecule has 0 aliphatic carbocycles. The molecule has 0 spiro atoms. The van der Waals surface area contributed by atoms with Crippen LogP contribution < -0.4 is 9.64 Å². The van der Waals surface area contributed by atoms with Gasteiger partial charge in [-0.05, 0) is 43.3 Å². The molecule has 3 atom stereocenters. The maximum atomic E-state index is 12.4. The number of carbonyl (C=O) groups excluding carboxylic acids is 2. The zero-order chi connectivity index (χ0) is 18.0. The largest absolute Gasteiger partial charge is 0.497 e. The molecule has 3 rings (SSSR count). The van der Waals surface area contributed by atoms with Crippen molar-refractivity contribution >= 4 is 17.6 Å². The first-order valence-electron chi connectivity index (χ1n) is 7.94. The Balaban J connectivity index is 1.83. The number of hydrogen-bond acceptors (Lipinski definition) is 5. The molecule has 1 aliphatic rings. The third-order valence-corrected chi connectivity index (χ3v) is 4.19. The summed E-state index contributed by atoms with van der Waals surface area (Å²) in [6.07, 6.45) is -1.77. The number of nitrogens with zero attached hydrogens (tertiary/aromatic N) is 1. The Labute approximate surface area is 145 Å². The maximum Gasteiger partial charge on any atom is 0.340 e. The Morgan fingerprint density at radius 3 is 2.32 bits per heavy atom. The van der Waals surface area contributed by atoms with Crippen LogP contribution in [0.25, 0.3) is 0 Å². The minimum atomic E-state index is -0.921. The average Bonchev–Trinajstić information content (AvgIpc) is 2.62. The van der Waals surface area contributed by atoms with E-state index in [1.54, 1.807) is 61.7 Å². The molecule has 2 aromatic carbocycles. The van der Waals surface area contributed by atoms with Crippen molar-refractivity contribution in [3.8, 4) is 5.75 Å². The minimum absolute atomic E-state index is 0.286. The number of carbonyl (C=O) groups is 2. The van der Waals surface area contributed by atoms with Crippen molar-refractivity contribution < 1.29 is 24.2 Å². The Kier molecular flexibility index (Phi) is 4.72. The van der Waals surface area contributed by atoms with Crippen LogP contribution in [0.15, 0.2) is 54.6 Å². The summed E-state index contributed by atoms with van der Waals surface area (Å²) in [5, 5.41) is 9.88. The fraction of sp³-hybridized carbons (Fsp3) is 0.263. The lowest BCUT2D eigenvalue weighted by Gasteiger charge is -2.46. The van der Waals surface area contributed by atoms with Gasteiger partial charge in [0.25, 0.3) is 0 Å². The molecule has 2 aromatic rings. The Morgan fingerprint density at radius 2 is 1.76 bits per heavy atom. The summed E-state index contributed by atoms with van der Waals surface area (Å²) in [4.78, 5) is 26.1. The molecule has 1 N–H and O–H groups in total. The van der Waals surface area contributed by atoms with Gasteiger partial charge in [-0.25, -0.2) is 4.79 Å². The Hall–Kier alpha value is -2.86. The summed E-state index contributed by atoms with van der Waals surface area (Å²) in [7, 11) is 1.55. The van der Waals surface area contributed by atoms with E-state index in [0.717, 1.165) is 0 Å². The minimum Gasteiger partial charge on any atom is -0.497 e. The summed E-state index contributed by atoms with van der Waals surface area (Å²) in [6.45, 7) is 1.51. The molecule has 1 saturated heterocycles. The van der Waals surface area contributed by atoms with Crippen molar-refractivity contribution in [2.45, 2.75) is 19.3 Å². The number of hydrogen-bond donors (Lipinski definition) is 1. The van der Waals surface area contributed by atoms with Gasteiger partial charge in [0.15, 0.2) is 6.23 Å². The number of rotatable bonds is 5. The maximum absolute atomic E-state index is 12.4. The van der Waals surface area contributed by atoms with Crippen LogP contribution in [0.4, 0.5) is 5.69 Å². The number of ether oxygens (including phenoxy) is 2. The first-order valence-corrected chi connectivity index (χ1v) is 7.94. The summed E-state index contributed by atoms with van der Waals surface area (Å²) < 4.78 is 10.6. The standard InChI is InChI=1S/C19H19NO5/c1-12(21)16-17(22)20(14-8-10-15(24-2)11-9-14)18(16)25-19(23)13-6-4-3-5-7-13/h3-12,16,18,21H,1-2H3/t12-,16+,18-/m1/s1. The molecule has 0 radical (unpaired) electrons. The second-order valence-electron chi connectivity index (χ2n) is 5.83. The molecular weight excluding hydrogens is 322 g/mol. The fourth-order valence-electron chi connectivity index (χ4n) is 2.83. The molecule has 1 fully saturated rings. The highest BCUT2D eigenvalue weighted by Crippen LogP contribution is 2.36. The van der Waals surface area contributed by atoms with E-state index in [-0.39, 0.29) is 5.91 Å². The van der Waals surface area contributed by atoms with Crippen molar-refractivity contribution in [1.29, 1.82) is 0 Å². The number of amides is 1. The summed E-state index contributed by atoms with van der Waals surface area (Å²) in [5.74, 6) is -0.954. The van der Waals surface area contributed by atoms with E-state index in [2.05, 4.69) is 0 Å². The molecule has 0 aromatic heterocycles. The van der Waals surface area contributed by atoms with Crippen molar-refractivity contribution in [2.75, 3.05) is 12.0 Å². The van der Waals surface area contributed by atoms with E-state index in [1.165, 1.54) is 11.8 Å². The Morgan fingerprint density at radius 1 is 1.12 bits per heavy atom. The van der Waals surface area contributed by atoms with E-state index in [4.69, 9.17) is 9.47 Å². The van der Waals surface area contributed by atoms with Crippen molar-refractivity contribution in [2.24, 2.45) is 5.92 Å². The summed E-state index contributed by atoms with van der Waals surface area (Å²) in [6, 6.07) is 15.4. The second-order valence-corrected chi connectivity index (χ2v) is 5.83. The van der Waals surface area contributed by atoms with Gasteiger partial charge in [0.1, 0.15) is 11.7 Å². The highest BCUT2D eigenvalue weighted by Gasteiger charge is 2.53. The van der Waals surface area contributed by atoms with E-state index >= 15 is 0 Å². The predicted molar refractivity (Wildman–Crippen MR) is 91.3 cm³/mol. The van der Waals surface area contributed by atoms with Gasteiger partial charge in [-0.3, -0.25) is 9.69 Å². The predicted octanol–water partition coefficient (Wildman–Crippen LogP) is 2.22. The van der Waals surface area contributed by atoms with E-state index in [1.807, 2.05) is 0 Å². The van der Waals surface area contributed by atoms with Gasteiger partial charge < -0.3 is 14.6 Å².